The van der Waals surface area contributed by atoms with E-state index >= 15 is 0 Å². The number of ether oxygens (including phenoxy) is 1. The molecule has 0 radical (unpaired) electrons. The molecule has 0 fully saturated rings. The predicted octanol–water partition coefficient (Wildman–Crippen LogP) is 3.94. The second-order valence-corrected chi connectivity index (χ2v) is 8.23. The minimum Gasteiger partial charge on any atom is -0.480 e. The van der Waals surface area contributed by atoms with Crippen molar-refractivity contribution in [1.82, 2.24) is 9.78 Å². The van der Waals surface area contributed by atoms with E-state index in [9.17, 15) is 13.2 Å². The Hall–Kier alpha value is -2.13. The molecule has 0 bridgehead atoms. The summed E-state index contributed by atoms with van der Waals surface area (Å²) in [5.41, 5.74) is -0.961. The molecule has 3 rings (SSSR count). The second-order valence-electron chi connectivity index (χ2n) is 5.30. The SMILES string of the molecule is COc1[nH]n(-c2c(Cl)cc(Cl)cc2Cl)c(=O)c1NS(=O)(=O)c1ccccc1. The summed E-state index contributed by atoms with van der Waals surface area (Å²) in [6.45, 7) is 0. The van der Waals surface area contributed by atoms with Gasteiger partial charge in [0.2, 0.25) is 5.88 Å². The fourth-order valence-electron chi connectivity index (χ4n) is 2.35. The Kier molecular flexibility index (Phi) is 5.43. The molecule has 1 heterocycles. The molecule has 0 atom stereocenters. The Morgan fingerprint density at radius 3 is 2.22 bits per heavy atom. The molecule has 0 aliphatic carbocycles. The Bertz CT molecular complexity index is 1130. The van der Waals surface area contributed by atoms with Gasteiger partial charge in [-0.25, -0.2) is 13.1 Å². The summed E-state index contributed by atoms with van der Waals surface area (Å²) >= 11 is 18.2. The first-order chi connectivity index (χ1) is 12.7. The number of aromatic amines is 1. The number of nitrogens with zero attached hydrogens (tertiary/aromatic N) is 1. The zero-order chi connectivity index (χ0) is 19.8. The number of H-pyrrole nitrogens is 1. The minimum absolute atomic E-state index is 0.0123. The molecule has 0 amide bonds. The van der Waals surface area contributed by atoms with Gasteiger partial charge < -0.3 is 4.74 Å². The van der Waals surface area contributed by atoms with Gasteiger partial charge in [-0.3, -0.25) is 14.6 Å². The molecule has 0 unspecified atom stereocenters. The number of sulfonamides is 1. The maximum atomic E-state index is 12.8. The van der Waals surface area contributed by atoms with Crippen LogP contribution in [0.2, 0.25) is 15.1 Å². The van der Waals surface area contributed by atoms with Crippen LogP contribution in [-0.2, 0) is 10.0 Å². The van der Waals surface area contributed by atoms with Crippen molar-refractivity contribution >= 4 is 50.5 Å². The van der Waals surface area contributed by atoms with E-state index in [-0.39, 0.29) is 37.2 Å². The van der Waals surface area contributed by atoms with Crippen LogP contribution in [0.25, 0.3) is 5.69 Å². The highest BCUT2D eigenvalue weighted by Crippen LogP contribution is 2.32. The van der Waals surface area contributed by atoms with E-state index in [1.54, 1.807) is 18.2 Å². The summed E-state index contributed by atoms with van der Waals surface area (Å²) in [6, 6.07) is 10.4. The highest BCUT2D eigenvalue weighted by atomic mass is 35.5. The monoisotopic (exact) mass is 447 g/mol. The molecule has 0 saturated heterocycles. The molecular weight excluding hydrogens is 437 g/mol. The predicted molar refractivity (Wildman–Crippen MR) is 105 cm³/mol. The molecule has 0 aliphatic heterocycles. The van der Waals surface area contributed by atoms with Crippen LogP contribution >= 0.6 is 34.8 Å². The van der Waals surface area contributed by atoms with Gasteiger partial charge in [0, 0.05) is 5.02 Å². The number of anilines is 1. The fourth-order valence-corrected chi connectivity index (χ4v) is 4.42. The lowest BCUT2D eigenvalue weighted by molar-refractivity contribution is 0.396. The maximum Gasteiger partial charge on any atom is 0.299 e. The third kappa shape index (κ3) is 3.79. The average Bonchev–Trinajstić information content (AvgIpc) is 2.91. The Balaban J connectivity index is 2.14. The second kappa shape index (κ2) is 7.47. The van der Waals surface area contributed by atoms with Crippen molar-refractivity contribution in [3.05, 3.63) is 67.9 Å². The number of halogens is 3. The van der Waals surface area contributed by atoms with Crippen LogP contribution in [-0.4, -0.2) is 25.3 Å². The summed E-state index contributed by atoms with van der Waals surface area (Å²) in [5, 5.41) is 3.10. The number of rotatable bonds is 5. The smallest absolute Gasteiger partial charge is 0.299 e. The third-order valence-electron chi connectivity index (χ3n) is 3.56. The lowest BCUT2D eigenvalue weighted by Crippen LogP contribution is -2.22. The van der Waals surface area contributed by atoms with E-state index in [1.807, 2.05) is 0 Å². The van der Waals surface area contributed by atoms with Crippen LogP contribution in [0.5, 0.6) is 5.88 Å². The summed E-state index contributed by atoms with van der Waals surface area (Å²) in [4.78, 5) is 12.8. The highest BCUT2D eigenvalue weighted by molar-refractivity contribution is 7.92. The van der Waals surface area contributed by atoms with Crippen molar-refractivity contribution in [2.24, 2.45) is 0 Å². The van der Waals surface area contributed by atoms with Gasteiger partial charge in [0.1, 0.15) is 5.69 Å². The summed E-state index contributed by atoms with van der Waals surface area (Å²) in [5.74, 6) is -0.110. The van der Waals surface area contributed by atoms with Crippen LogP contribution in [0.1, 0.15) is 0 Å². The molecule has 0 saturated carbocycles. The van der Waals surface area contributed by atoms with Gasteiger partial charge in [-0.2, -0.15) is 0 Å². The van der Waals surface area contributed by atoms with E-state index in [2.05, 4.69) is 9.82 Å². The summed E-state index contributed by atoms with van der Waals surface area (Å²) in [6.07, 6.45) is 0. The van der Waals surface area contributed by atoms with E-state index in [4.69, 9.17) is 39.5 Å². The summed E-state index contributed by atoms with van der Waals surface area (Å²) in [7, 11) is -2.74. The van der Waals surface area contributed by atoms with Crippen LogP contribution in [0, 0.1) is 0 Å². The molecule has 2 N–H and O–H groups in total. The van der Waals surface area contributed by atoms with Crippen LogP contribution in [0.15, 0.2) is 52.2 Å². The van der Waals surface area contributed by atoms with E-state index in [0.717, 1.165) is 4.68 Å². The number of methoxy groups -OCH3 is 1. The quantitative estimate of drug-likeness (QED) is 0.618. The minimum atomic E-state index is -4.01. The van der Waals surface area contributed by atoms with Crippen molar-refractivity contribution in [2.75, 3.05) is 11.8 Å². The van der Waals surface area contributed by atoms with Crippen LogP contribution < -0.4 is 15.0 Å². The first-order valence-electron chi connectivity index (χ1n) is 7.36. The largest absolute Gasteiger partial charge is 0.480 e. The number of hydrogen-bond donors (Lipinski definition) is 2. The molecule has 7 nitrogen and oxygen atoms in total. The third-order valence-corrected chi connectivity index (χ3v) is 5.72. The number of aromatic nitrogens is 2. The van der Waals surface area contributed by atoms with Crippen molar-refractivity contribution in [3.8, 4) is 11.6 Å². The molecule has 3 aromatic rings. The Labute approximate surface area is 169 Å². The van der Waals surface area contributed by atoms with Crippen LogP contribution in [0.3, 0.4) is 0 Å². The molecule has 2 aromatic carbocycles. The molecule has 142 valence electrons. The van der Waals surface area contributed by atoms with Crippen molar-refractivity contribution in [2.45, 2.75) is 4.90 Å². The van der Waals surface area contributed by atoms with E-state index in [0.29, 0.717) is 0 Å². The average molecular weight is 449 g/mol. The van der Waals surface area contributed by atoms with Gasteiger partial charge in [-0.15, -0.1) is 0 Å². The van der Waals surface area contributed by atoms with Gasteiger partial charge >= 0.3 is 0 Å². The molecule has 0 aliphatic rings. The molecule has 0 spiro atoms. The number of benzene rings is 2. The van der Waals surface area contributed by atoms with Crippen molar-refractivity contribution in [3.63, 3.8) is 0 Å². The Morgan fingerprint density at radius 1 is 1.07 bits per heavy atom. The number of hydrogen-bond acceptors (Lipinski definition) is 4. The normalized spacial score (nSPS) is 11.4. The first kappa shape index (κ1) is 19.6. The first-order valence-corrected chi connectivity index (χ1v) is 9.98. The molecular formula is C16H12Cl3N3O4S. The Morgan fingerprint density at radius 2 is 1.67 bits per heavy atom. The van der Waals surface area contributed by atoms with Gasteiger partial charge in [-0.05, 0) is 24.3 Å². The molecule has 11 heteroatoms. The van der Waals surface area contributed by atoms with Gasteiger partial charge in [0.15, 0.2) is 5.69 Å². The van der Waals surface area contributed by atoms with E-state index in [1.165, 1.54) is 31.4 Å². The van der Waals surface area contributed by atoms with Crippen molar-refractivity contribution in [1.29, 1.82) is 0 Å². The zero-order valence-electron chi connectivity index (χ0n) is 13.7. The maximum absolute atomic E-state index is 12.8. The highest BCUT2D eigenvalue weighted by Gasteiger charge is 2.24. The van der Waals surface area contributed by atoms with E-state index < -0.39 is 15.6 Å². The number of nitrogens with one attached hydrogen (secondary N) is 2. The topological polar surface area (TPSA) is 93.2 Å². The summed E-state index contributed by atoms with van der Waals surface area (Å²) < 4.78 is 33.4. The van der Waals surface area contributed by atoms with Crippen LogP contribution in [0.4, 0.5) is 5.69 Å². The van der Waals surface area contributed by atoms with Gasteiger partial charge in [0.25, 0.3) is 15.6 Å². The lowest BCUT2D eigenvalue weighted by atomic mass is 10.3. The fraction of sp³-hybridized carbons (Fsp3) is 0.0625. The standard InChI is InChI=1S/C16H12Cl3N3O4S/c1-26-15-13(21-27(24,25)10-5-3-2-4-6-10)16(23)22(20-15)14-11(18)7-9(17)8-12(14)19/h2-8,20-21H,1H3. The van der Waals surface area contributed by atoms with Crippen molar-refractivity contribution < 1.29 is 13.2 Å². The molecule has 27 heavy (non-hydrogen) atoms. The molecule has 1 aromatic heterocycles. The zero-order valence-corrected chi connectivity index (χ0v) is 16.7. The van der Waals surface area contributed by atoms with Gasteiger partial charge in [0.05, 0.1) is 22.1 Å². The lowest BCUT2D eigenvalue weighted by Gasteiger charge is -2.07. The van der Waals surface area contributed by atoms with Gasteiger partial charge in [-0.1, -0.05) is 53.0 Å².